The molecule has 0 unspecified atom stereocenters. The van der Waals surface area contributed by atoms with Gasteiger partial charge in [-0.2, -0.15) is 5.10 Å². The molecule has 3 rings (SSSR count). The molecule has 0 fully saturated rings. The molecule has 0 amide bonds. The molecule has 0 aliphatic heterocycles. The van der Waals surface area contributed by atoms with Gasteiger partial charge in [-0.25, -0.2) is 9.50 Å². The van der Waals surface area contributed by atoms with Gasteiger partial charge in [0.25, 0.3) is 0 Å². The van der Waals surface area contributed by atoms with E-state index < -0.39 is 0 Å². The quantitative estimate of drug-likeness (QED) is 0.739. The van der Waals surface area contributed by atoms with Gasteiger partial charge in [0.2, 0.25) is 0 Å². The average molecular weight is 229 g/mol. The topological polar surface area (TPSA) is 68.2 Å². The minimum Gasteiger partial charge on any atom is -0.363 e. The van der Waals surface area contributed by atoms with Gasteiger partial charge in [-0.3, -0.25) is 0 Å². The van der Waals surface area contributed by atoms with Gasteiger partial charge < -0.3 is 9.84 Å². The number of anilines is 1. The molecule has 0 radical (unpaired) electrons. The maximum absolute atomic E-state index is 5.10. The van der Waals surface area contributed by atoms with E-state index >= 15 is 0 Å². The van der Waals surface area contributed by atoms with Crippen LogP contribution in [0.3, 0.4) is 0 Å². The Labute approximate surface area is 97.3 Å². The van der Waals surface area contributed by atoms with Crippen molar-refractivity contribution in [2.75, 3.05) is 5.32 Å². The molecule has 17 heavy (non-hydrogen) atoms. The first-order chi connectivity index (χ1) is 8.31. The Hall–Kier alpha value is -2.37. The maximum Gasteiger partial charge on any atom is 0.157 e. The van der Waals surface area contributed by atoms with E-state index in [1.165, 1.54) is 0 Å². The van der Waals surface area contributed by atoms with Crippen LogP contribution in [-0.2, 0) is 6.54 Å². The van der Waals surface area contributed by atoms with Gasteiger partial charge in [-0.1, -0.05) is 5.16 Å². The standard InChI is InChI=1S/C11H11N5O/c1-8-6-9(17-15-8)7-12-10-3-5-16-11(14-10)2-4-13-16/h2-6H,7H2,1H3,(H,12,14). The Morgan fingerprint density at radius 1 is 1.41 bits per heavy atom. The Morgan fingerprint density at radius 3 is 3.18 bits per heavy atom. The highest BCUT2D eigenvalue weighted by Gasteiger charge is 2.02. The summed E-state index contributed by atoms with van der Waals surface area (Å²) >= 11 is 0. The summed E-state index contributed by atoms with van der Waals surface area (Å²) in [5, 5.41) is 11.1. The van der Waals surface area contributed by atoms with Crippen molar-refractivity contribution >= 4 is 11.5 Å². The predicted octanol–water partition coefficient (Wildman–Crippen LogP) is 1.64. The average Bonchev–Trinajstić information content (AvgIpc) is 2.94. The van der Waals surface area contributed by atoms with Gasteiger partial charge in [-0.05, 0) is 13.0 Å². The molecule has 86 valence electrons. The van der Waals surface area contributed by atoms with E-state index in [1.807, 2.05) is 31.3 Å². The third-order valence-corrected chi connectivity index (χ3v) is 2.38. The second-order valence-corrected chi connectivity index (χ2v) is 3.73. The van der Waals surface area contributed by atoms with Gasteiger partial charge in [0.1, 0.15) is 5.82 Å². The zero-order valence-electron chi connectivity index (χ0n) is 9.29. The van der Waals surface area contributed by atoms with Crippen molar-refractivity contribution in [3.05, 3.63) is 42.0 Å². The van der Waals surface area contributed by atoms with Crippen LogP contribution in [0.15, 0.2) is 35.1 Å². The highest BCUT2D eigenvalue weighted by atomic mass is 16.5. The Morgan fingerprint density at radius 2 is 2.35 bits per heavy atom. The molecular weight excluding hydrogens is 218 g/mol. The minimum atomic E-state index is 0.568. The maximum atomic E-state index is 5.10. The highest BCUT2D eigenvalue weighted by molar-refractivity contribution is 5.45. The number of rotatable bonds is 3. The molecule has 0 saturated heterocycles. The van der Waals surface area contributed by atoms with Crippen molar-refractivity contribution in [1.29, 1.82) is 0 Å². The van der Waals surface area contributed by atoms with Crippen LogP contribution in [0.4, 0.5) is 5.82 Å². The molecule has 0 bridgehead atoms. The molecule has 3 aromatic heterocycles. The molecule has 0 atom stereocenters. The van der Waals surface area contributed by atoms with Crippen LogP contribution in [0, 0.1) is 6.92 Å². The van der Waals surface area contributed by atoms with Crippen molar-refractivity contribution in [1.82, 2.24) is 19.8 Å². The Bertz CT molecular complexity index is 642. The SMILES string of the molecule is Cc1cc(CNc2ccn3nccc3n2)on1. The summed E-state index contributed by atoms with van der Waals surface area (Å²) in [4.78, 5) is 4.38. The normalized spacial score (nSPS) is 10.9. The zero-order chi connectivity index (χ0) is 11.7. The first kappa shape index (κ1) is 9.83. The first-order valence-electron chi connectivity index (χ1n) is 5.28. The van der Waals surface area contributed by atoms with Gasteiger partial charge in [0.15, 0.2) is 11.4 Å². The Kier molecular flexibility index (Phi) is 2.25. The van der Waals surface area contributed by atoms with Gasteiger partial charge >= 0.3 is 0 Å². The lowest BCUT2D eigenvalue weighted by Crippen LogP contribution is -2.01. The lowest BCUT2D eigenvalue weighted by atomic mass is 10.4. The van der Waals surface area contributed by atoms with Crippen molar-refractivity contribution in [2.45, 2.75) is 13.5 Å². The molecule has 6 heteroatoms. The predicted molar refractivity (Wildman–Crippen MR) is 61.6 cm³/mol. The number of hydrogen-bond acceptors (Lipinski definition) is 5. The number of aryl methyl sites for hydroxylation is 1. The second-order valence-electron chi connectivity index (χ2n) is 3.73. The molecule has 0 aliphatic rings. The van der Waals surface area contributed by atoms with Crippen LogP contribution < -0.4 is 5.32 Å². The highest BCUT2D eigenvalue weighted by Crippen LogP contribution is 2.08. The monoisotopic (exact) mass is 229 g/mol. The van der Waals surface area contributed by atoms with E-state index in [4.69, 9.17) is 4.52 Å². The summed E-state index contributed by atoms with van der Waals surface area (Å²) in [6.45, 7) is 2.46. The fourth-order valence-corrected chi connectivity index (χ4v) is 1.59. The van der Waals surface area contributed by atoms with Crippen LogP contribution in [0.5, 0.6) is 0 Å². The number of aromatic nitrogens is 4. The van der Waals surface area contributed by atoms with Crippen molar-refractivity contribution in [3.8, 4) is 0 Å². The molecule has 0 aromatic carbocycles. The molecule has 3 aromatic rings. The third kappa shape index (κ3) is 1.96. The molecule has 6 nitrogen and oxygen atoms in total. The number of fused-ring (bicyclic) bond motifs is 1. The van der Waals surface area contributed by atoms with Gasteiger partial charge in [0, 0.05) is 18.3 Å². The lowest BCUT2D eigenvalue weighted by Gasteiger charge is -2.02. The molecule has 1 N–H and O–H groups in total. The van der Waals surface area contributed by atoms with Gasteiger partial charge in [-0.15, -0.1) is 0 Å². The summed E-state index contributed by atoms with van der Waals surface area (Å²) in [5.41, 5.74) is 1.68. The van der Waals surface area contributed by atoms with Crippen LogP contribution in [0.25, 0.3) is 5.65 Å². The van der Waals surface area contributed by atoms with Crippen molar-refractivity contribution in [3.63, 3.8) is 0 Å². The second kappa shape index (κ2) is 3.89. The third-order valence-electron chi connectivity index (χ3n) is 2.38. The summed E-state index contributed by atoms with van der Waals surface area (Å²) < 4.78 is 6.81. The zero-order valence-corrected chi connectivity index (χ0v) is 9.29. The van der Waals surface area contributed by atoms with Crippen LogP contribution in [0.1, 0.15) is 11.5 Å². The minimum absolute atomic E-state index is 0.568. The van der Waals surface area contributed by atoms with Crippen LogP contribution in [-0.4, -0.2) is 19.8 Å². The smallest absolute Gasteiger partial charge is 0.157 e. The van der Waals surface area contributed by atoms with Crippen molar-refractivity contribution in [2.24, 2.45) is 0 Å². The number of nitrogens with one attached hydrogen (secondary N) is 1. The van der Waals surface area contributed by atoms with E-state index in [0.717, 1.165) is 22.9 Å². The fourth-order valence-electron chi connectivity index (χ4n) is 1.59. The molecule has 0 saturated carbocycles. The fraction of sp³-hybridized carbons (Fsp3) is 0.182. The number of nitrogens with zero attached hydrogens (tertiary/aromatic N) is 4. The van der Waals surface area contributed by atoms with Crippen LogP contribution >= 0.6 is 0 Å². The molecule has 0 spiro atoms. The summed E-state index contributed by atoms with van der Waals surface area (Å²) in [6.07, 6.45) is 3.57. The van der Waals surface area contributed by atoms with E-state index in [-0.39, 0.29) is 0 Å². The van der Waals surface area contributed by atoms with E-state index in [0.29, 0.717) is 6.54 Å². The molecular formula is C11H11N5O. The van der Waals surface area contributed by atoms with E-state index in [9.17, 15) is 0 Å². The molecule has 0 aliphatic carbocycles. The summed E-state index contributed by atoms with van der Waals surface area (Å²) in [5.74, 6) is 1.57. The largest absolute Gasteiger partial charge is 0.363 e. The van der Waals surface area contributed by atoms with Crippen molar-refractivity contribution < 1.29 is 4.52 Å². The molecule has 3 heterocycles. The Balaban J connectivity index is 1.76. The number of hydrogen-bond donors (Lipinski definition) is 1. The van der Waals surface area contributed by atoms with Crippen LogP contribution in [0.2, 0.25) is 0 Å². The summed E-state index contributed by atoms with van der Waals surface area (Å²) in [7, 11) is 0. The van der Waals surface area contributed by atoms with E-state index in [2.05, 4.69) is 20.6 Å². The van der Waals surface area contributed by atoms with E-state index in [1.54, 1.807) is 10.7 Å². The lowest BCUT2D eigenvalue weighted by molar-refractivity contribution is 0.384. The van der Waals surface area contributed by atoms with Gasteiger partial charge in [0.05, 0.1) is 18.4 Å². The first-order valence-corrected chi connectivity index (χ1v) is 5.28. The summed E-state index contributed by atoms with van der Waals surface area (Å²) in [6, 6.07) is 5.61.